The first kappa shape index (κ1) is 12.8. The minimum absolute atomic E-state index is 0.0537. The van der Waals surface area contributed by atoms with Crippen LogP contribution in [0.25, 0.3) is 0 Å². The molecular formula is C11H10N2O3S2. The molecule has 0 spiro atoms. The molecule has 0 bridgehead atoms. The quantitative estimate of drug-likeness (QED) is 0.674. The normalized spacial score (nSPS) is 15.7. The maximum Gasteiger partial charge on any atom is 0.259 e. The predicted molar refractivity (Wildman–Crippen MR) is 74.2 cm³/mol. The van der Waals surface area contributed by atoms with E-state index in [0.717, 1.165) is 0 Å². The van der Waals surface area contributed by atoms with Gasteiger partial charge in [0.05, 0.1) is 19.1 Å². The van der Waals surface area contributed by atoms with E-state index in [2.05, 4.69) is 5.10 Å². The fourth-order valence-electron chi connectivity index (χ4n) is 1.36. The Morgan fingerprint density at radius 2 is 2.39 bits per heavy atom. The number of carbonyl (C=O) groups excluding carboxylic acids is 1. The van der Waals surface area contributed by atoms with Crippen LogP contribution in [0.3, 0.4) is 0 Å². The standard InChI is InChI=1S/C11H10N2O3S2/c1-16-9-4-7(2-3-8(9)14)5-12-13-10(15)6-18-11(13)17/h2-5,14H,6H2,1H3. The van der Waals surface area contributed by atoms with E-state index in [1.54, 1.807) is 12.1 Å². The van der Waals surface area contributed by atoms with E-state index in [9.17, 15) is 9.90 Å². The number of aromatic hydroxyl groups is 1. The second-order valence-corrected chi connectivity index (χ2v) is 5.05. The van der Waals surface area contributed by atoms with Crippen LogP contribution in [0.5, 0.6) is 11.5 Å². The van der Waals surface area contributed by atoms with E-state index in [4.69, 9.17) is 17.0 Å². The highest BCUT2D eigenvalue weighted by molar-refractivity contribution is 8.23. The summed E-state index contributed by atoms with van der Waals surface area (Å²) in [6.45, 7) is 0. The molecule has 0 aromatic heterocycles. The monoisotopic (exact) mass is 282 g/mol. The molecule has 1 N–H and O–H groups in total. The summed E-state index contributed by atoms with van der Waals surface area (Å²) in [6.07, 6.45) is 1.50. The molecule has 2 rings (SSSR count). The van der Waals surface area contributed by atoms with Crippen LogP contribution in [0.2, 0.25) is 0 Å². The van der Waals surface area contributed by atoms with Crippen molar-refractivity contribution < 1.29 is 14.6 Å². The third-order valence-corrected chi connectivity index (χ3v) is 3.59. The summed E-state index contributed by atoms with van der Waals surface area (Å²) in [7, 11) is 1.46. The summed E-state index contributed by atoms with van der Waals surface area (Å²) >= 11 is 6.28. The van der Waals surface area contributed by atoms with Crippen molar-refractivity contribution in [1.29, 1.82) is 0 Å². The Hall–Kier alpha value is -1.60. The number of benzene rings is 1. The number of amides is 1. The molecule has 5 nitrogen and oxygen atoms in total. The Labute approximate surface area is 113 Å². The van der Waals surface area contributed by atoms with Gasteiger partial charge in [0.2, 0.25) is 0 Å². The second kappa shape index (κ2) is 5.36. The minimum atomic E-state index is -0.132. The van der Waals surface area contributed by atoms with Gasteiger partial charge < -0.3 is 9.84 Å². The van der Waals surface area contributed by atoms with Gasteiger partial charge in [-0.3, -0.25) is 4.79 Å². The predicted octanol–water partition coefficient (Wildman–Crippen LogP) is 1.59. The molecule has 0 aliphatic carbocycles. The molecule has 1 heterocycles. The van der Waals surface area contributed by atoms with Crippen LogP contribution >= 0.6 is 24.0 Å². The van der Waals surface area contributed by atoms with Gasteiger partial charge in [0.25, 0.3) is 5.91 Å². The number of thioether (sulfide) groups is 1. The molecule has 0 unspecified atom stereocenters. The molecule has 1 aromatic carbocycles. The maximum atomic E-state index is 11.4. The number of thiocarbonyl (C=S) groups is 1. The van der Waals surface area contributed by atoms with Gasteiger partial charge >= 0.3 is 0 Å². The molecule has 1 aromatic rings. The summed E-state index contributed by atoms with van der Waals surface area (Å²) in [5.41, 5.74) is 0.706. The van der Waals surface area contributed by atoms with Crippen LogP contribution in [-0.4, -0.2) is 39.4 Å². The number of nitrogens with zero attached hydrogens (tertiary/aromatic N) is 2. The lowest BCUT2D eigenvalue weighted by molar-refractivity contribution is -0.123. The first-order valence-electron chi connectivity index (χ1n) is 5.02. The van der Waals surface area contributed by atoms with Crippen LogP contribution in [0.1, 0.15) is 5.56 Å². The van der Waals surface area contributed by atoms with Gasteiger partial charge in [0.1, 0.15) is 0 Å². The van der Waals surface area contributed by atoms with Gasteiger partial charge in [-0.05, 0) is 23.8 Å². The fourth-order valence-corrected chi connectivity index (χ4v) is 2.32. The summed E-state index contributed by atoms with van der Waals surface area (Å²) in [5.74, 6) is 0.600. The average molecular weight is 282 g/mol. The highest BCUT2D eigenvalue weighted by Crippen LogP contribution is 2.26. The van der Waals surface area contributed by atoms with Crippen molar-refractivity contribution in [3.63, 3.8) is 0 Å². The molecule has 0 atom stereocenters. The number of carbonyl (C=O) groups is 1. The van der Waals surface area contributed by atoms with E-state index in [0.29, 0.717) is 21.4 Å². The van der Waals surface area contributed by atoms with Crippen molar-refractivity contribution in [2.75, 3.05) is 12.9 Å². The van der Waals surface area contributed by atoms with Gasteiger partial charge in [-0.1, -0.05) is 24.0 Å². The number of hydrogen-bond acceptors (Lipinski definition) is 6. The third kappa shape index (κ3) is 2.62. The zero-order chi connectivity index (χ0) is 13.1. The zero-order valence-corrected chi connectivity index (χ0v) is 11.1. The van der Waals surface area contributed by atoms with Crippen LogP contribution < -0.4 is 4.74 Å². The van der Waals surface area contributed by atoms with Crippen molar-refractivity contribution in [1.82, 2.24) is 5.01 Å². The summed E-state index contributed by atoms with van der Waals surface area (Å²) < 4.78 is 5.42. The Balaban J connectivity index is 2.18. The molecule has 1 amide bonds. The molecular weight excluding hydrogens is 272 g/mol. The van der Waals surface area contributed by atoms with E-state index in [-0.39, 0.29) is 11.7 Å². The number of hydrazone groups is 1. The molecule has 1 fully saturated rings. The third-order valence-electron chi connectivity index (χ3n) is 2.25. The smallest absolute Gasteiger partial charge is 0.259 e. The Kier molecular flexibility index (Phi) is 3.83. The van der Waals surface area contributed by atoms with Crippen LogP contribution in [0, 0.1) is 0 Å². The highest BCUT2D eigenvalue weighted by atomic mass is 32.2. The van der Waals surface area contributed by atoms with Crippen molar-refractivity contribution in [2.24, 2.45) is 5.10 Å². The first-order valence-corrected chi connectivity index (χ1v) is 6.42. The van der Waals surface area contributed by atoms with Gasteiger partial charge in [-0.2, -0.15) is 10.1 Å². The molecule has 0 radical (unpaired) electrons. The molecule has 94 valence electrons. The van der Waals surface area contributed by atoms with Gasteiger partial charge in [0, 0.05) is 0 Å². The van der Waals surface area contributed by atoms with E-state index in [1.807, 2.05) is 0 Å². The van der Waals surface area contributed by atoms with E-state index in [1.165, 1.54) is 36.2 Å². The largest absolute Gasteiger partial charge is 0.504 e. The SMILES string of the molecule is COc1cc(C=NN2C(=O)CSC2=S)ccc1O. The lowest BCUT2D eigenvalue weighted by Crippen LogP contribution is -2.22. The van der Waals surface area contributed by atoms with Gasteiger partial charge in [-0.25, -0.2) is 0 Å². The molecule has 0 saturated carbocycles. The first-order chi connectivity index (χ1) is 8.61. The average Bonchev–Trinajstić information content (AvgIpc) is 2.68. The van der Waals surface area contributed by atoms with E-state index < -0.39 is 0 Å². The zero-order valence-electron chi connectivity index (χ0n) is 9.49. The van der Waals surface area contributed by atoms with E-state index >= 15 is 0 Å². The topological polar surface area (TPSA) is 62.1 Å². The van der Waals surface area contributed by atoms with Crippen LogP contribution in [-0.2, 0) is 4.79 Å². The highest BCUT2D eigenvalue weighted by Gasteiger charge is 2.25. The summed E-state index contributed by atoms with van der Waals surface area (Å²) in [6, 6.07) is 4.78. The number of phenols is 1. The minimum Gasteiger partial charge on any atom is -0.504 e. The van der Waals surface area contributed by atoms with Crippen molar-refractivity contribution in [3.05, 3.63) is 23.8 Å². The van der Waals surface area contributed by atoms with Gasteiger partial charge in [0.15, 0.2) is 15.8 Å². The number of ether oxygens (including phenoxy) is 1. The Bertz CT molecular complexity index is 515. The lowest BCUT2D eigenvalue weighted by atomic mass is 10.2. The van der Waals surface area contributed by atoms with Crippen molar-refractivity contribution in [3.8, 4) is 11.5 Å². The number of methoxy groups -OCH3 is 1. The molecule has 1 aliphatic heterocycles. The summed E-state index contributed by atoms with van der Waals surface area (Å²) in [5, 5.41) is 14.7. The maximum absolute atomic E-state index is 11.4. The fraction of sp³-hybridized carbons (Fsp3) is 0.182. The van der Waals surface area contributed by atoms with Gasteiger partial charge in [-0.15, -0.1) is 0 Å². The Morgan fingerprint density at radius 3 is 3.00 bits per heavy atom. The molecule has 1 aliphatic rings. The Morgan fingerprint density at radius 1 is 1.61 bits per heavy atom. The van der Waals surface area contributed by atoms with Crippen molar-refractivity contribution >= 4 is 40.4 Å². The lowest BCUT2D eigenvalue weighted by Gasteiger charge is -2.07. The number of hydrogen-bond donors (Lipinski definition) is 1. The van der Waals surface area contributed by atoms with Crippen molar-refractivity contribution in [2.45, 2.75) is 0 Å². The molecule has 7 heteroatoms. The van der Waals surface area contributed by atoms with Crippen LogP contribution in [0.4, 0.5) is 0 Å². The summed E-state index contributed by atoms with van der Waals surface area (Å²) in [4.78, 5) is 11.4. The number of phenolic OH excluding ortho intramolecular Hbond substituents is 1. The number of rotatable bonds is 3. The molecule has 1 saturated heterocycles. The molecule has 18 heavy (non-hydrogen) atoms. The second-order valence-electron chi connectivity index (χ2n) is 3.44. The van der Waals surface area contributed by atoms with Crippen LogP contribution in [0.15, 0.2) is 23.3 Å².